The van der Waals surface area contributed by atoms with E-state index >= 15 is 0 Å². The maximum atomic E-state index is 13.3. The predicted molar refractivity (Wildman–Crippen MR) is 108 cm³/mol. The van der Waals surface area contributed by atoms with Gasteiger partial charge in [0.15, 0.2) is 0 Å². The third-order valence-electron chi connectivity index (χ3n) is 3.87. The van der Waals surface area contributed by atoms with Gasteiger partial charge in [-0.25, -0.2) is 0 Å². The van der Waals surface area contributed by atoms with Gasteiger partial charge in [0.25, 0.3) is 0 Å². The molecule has 2 N–H and O–H groups in total. The molecule has 146 valence electrons. The van der Waals surface area contributed by atoms with E-state index < -0.39 is 0 Å². The summed E-state index contributed by atoms with van der Waals surface area (Å²) in [6, 6.07) is 10.5. The molecule has 0 aliphatic rings. The van der Waals surface area contributed by atoms with Crippen LogP contribution in [0.3, 0.4) is 0 Å². The molecule has 0 aliphatic carbocycles. The Bertz CT molecular complexity index is 729. The van der Waals surface area contributed by atoms with Gasteiger partial charge in [-0.15, -0.1) is 0 Å². The van der Waals surface area contributed by atoms with Crippen molar-refractivity contribution in [3.8, 4) is 17.2 Å². The number of para-hydroxylation sites is 1. The first kappa shape index (κ1) is 20.6. The van der Waals surface area contributed by atoms with Gasteiger partial charge in [-0.2, -0.15) is 0 Å². The number of ether oxygens (including phenoxy) is 3. The number of rotatable bonds is 11. The number of benzene rings is 2. The summed E-state index contributed by atoms with van der Waals surface area (Å²) in [4.78, 5) is 13.3. The lowest BCUT2D eigenvalue weighted by atomic mass is 9.99. The van der Waals surface area contributed by atoms with Crippen molar-refractivity contribution in [3.63, 3.8) is 0 Å². The first-order valence-corrected chi connectivity index (χ1v) is 9.57. The largest absolute Gasteiger partial charge is 0.493 e. The minimum absolute atomic E-state index is 0.215. The number of hydrogen-bond acceptors (Lipinski definition) is 5. The molecule has 0 aromatic heterocycles. The Morgan fingerprint density at radius 2 is 1.37 bits per heavy atom. The second-order valence-corrected chi connectivity index (χ2v) is 6.26. The summed E-state index contributed by atoms with van der Waals surface area (Å²) in [6.45, 7) is 7.65. The standard InChI is InChI=1S/C22H29NO4/c1-4-11-25-16-14-19(26-12-5-2)21(20(15-16)27-13-6-3)22(24)17-9-7-8-10-18(17)23/h7-10,14-15H,4-6,11-13,23H2,1-3H3. The van der Waals surface area contributed by atoms with Crippen LogP contribution < -0.4 is 19.9 Å². The lowest BCUT2D eigenvalue weighted by Crippen LogP contribution is -2.12. The van der Waals surface area contributed by atoms with E-state index in [9.17, 15) is 4.79 Å². The average molecular weight is 371 g/mol. The van der Waals surface area contributed by atoms with Gasteiger partial charge in [-0.05, 0) is 31.4 Å². The molecule has 0 amide bonds. The van der Waals surface area contributed by atoms with Crippen LogP contribution in [-0.4, -0.2) is 25.6 Å². The van der Waals surface area contributed by atoms with Gasteiger partial charge in [-0.3, -0.25) is 4.79 Å². The van der Waals surface area contributed by atoms with Crippen LogP contribution in [0.5, 0.6) is 17.2 Å². The Balaban J connectivity index is 2.55. The minimum atomic E-state index is -0.215. The molecule has 0 aliphatic heterocycles. The molecular formula is C22H29NO4. The van der Waals surface area contributed by atoms with Crippen LogP contribution >= 0.6 is 0 Å². The van der Waals surface area contributed by atoms with Crippen LogP contribution in [-0.2, 0) is 0 Å². The number of nitrogen functional groups attached to an aromatic ring is 1. The molecule has 5 nitrogen and oxygen atoms in total. The van der Waals surface area contributed by atoms with Crippen molar-refractivity contribution in [2.24, 2.45) is 0 Å². The van der Waals surface area contributed by atoms with E-state index in [1.54, 1.807) is 36.4 Å². The van der Waals surface area contributed by atoms with Crippen molar-refractivity contribution < 1.29 is 19.0 Å². The molecule has 2 aromatic carbocycles. The first-order chi connectivity index (χ1) is 13.1. The molecule has 0 unspecified atom stereocenters. The molecule has 2 aromatic rings. The smallest absolute Gasteiger partial charge is 0.202 e. The zero-order chi connectivity index (χ0) is 19.6. The number of nitrogens with two attached hydrogens (primary N) is 1. The molecule has 0 spiro atoms. The topological polar surface area (TPSA) is 70.8 Å². The van der Waals surface area contributed by atoms with Crippen molar-refractivity contribution in [2.75, 3.05) is 25.6 Å². The highest BCUT2D eigenvalue weighted by Gasteiger charge is 2.24. The van der Waals surface area contributed by atoms with E-state index in [1.165, 1.54) is 0 Å². The van der Waals surface area contributed by atoms with Crippen LogP contribution in [0.4, 0.5) is 5.69 Å². The Morgan fingerprint density at radius 3 is 1.89 bits per heavy atom. The van der Waals surface area contributed by atoms with E-state index in [2.05, 4.69) is 0 Å². The van der Waals surface area contributed by atoms with Gasteiger partial charge in [0, 0.05) is 23.4 Å². The maximum Gasteiger partial charge on any atom is 0.202 e. The molecule has 0 saturated heterocycles. The molecule has 0 atom stereocenters. The summed E-state index contributed by atoms with van der Waals surface area (Å²) >= 11 is 0. The zero-order valence-corrected chi connectivity index (χ0v) is 16.4. The van der Waals surface area contributed by atoms with Gasteiger partial charge in [-0.1, -0.05) is 32.9 Å². The lowest BCUT2D eigenvalue weighted by molar-refractivity contribution is 0.103. The van der Waals surface area contributed by atoms with Crippen LogP contribution in [0.15, 0.2) is 36.4 Å². The van der Waals surface area contributed by atoms with Crippen molar-refractivity contribution in [1.82, 2.24) is 0 Å². The highest BCUT2D eigenvalue weighted by molar-refractivity contribution is 6.15. The van der Waals surface area contributed by atoms with Gasteiger partial charge in [0.1, 0.15) is 22.8 Å². The number of carbonyl (C=O) groups is 1. The van der Waals surface area contributed by atoms with Crippen LogP contribution in [0.2, 0.25) is 0 Å². The van der Waals surface area contributed by atoms with Crippen molar-refractivity contribution in [1.29, 1.82) is 0 Å². The fraction of sp³-hybridized carbons (Fsp3) is 0.409. The van der Waals surface area contributed by atoms with Crippen molar-refractivity contribution >= 4 is 11.5 Å². The number of hydrogen-bond donors (Lipinski definition) is 1. The molecule has 0 bridgehead atoms. The van der Waals surface area contributed by atoms with E-state index in [1.807, 2.05) is 20.8 Å². The van der Waals surface area contributed by atoms with Crippen LogP contribution in [0.25, 0.3) is 0 Å². The summed E-state index contributed by atoms with van der Waals surface area (Å²) in [5, 5.41) is 0. The quantitative estimate of drug-likeness (QED) is 0.451. The van der Waals surface area contributed by atoms with E-state index in [0.29, 0.717) is 53.9 Å². The van der Waals surface area contributed by atoms with Crippen LogP contribution in [0, 0.1) is 0 Å². The number of ketones is 1. The summed E-state index contributed by atoms with van der Waals surface area (Å²) in [5.74, 6) is 1.34. The molecule has 27 heavy (non-hydrogen) atoms. The summed E-state index contributed by atoms with van der Waals surface area (Å²) in [7, 11) is 0. The van der Waals surface area contributed by atoms with Crippen LogP contribution in [0.1, 0.15) is 56.0 Å². The Kier molecular flexibility index (Phi) is 7.99. The van der Waals surface area contributed by atoms with Gasteiger partial charge in [0.2, 0.25) is 5.78 Å². The molecule has 0 heterocycles. The Labute approximate surface area is 161 Å². The average Bonchev–Trinajstić information content (AvgIpc) is 2.68. The minimum Gasteiger partial charge on any atom is -0.493 e. The third-order valence-corrected chi connectivity index (χ3v) is 3.87. The SMILES string of the molecule is CCCOc1cc(OCCC)c(C(=O)c2ccccc2N)c(OCCC)c1. The highest BCUT2D eigenvalue weighted by Crippen LogP contribution is 2.37. The summed E-state index contributed by atoms with van der Waals surface area (Å²) in [5.41, 5.74) is 7.28. The van der Waals surface area contributed by atoms with Crippen molar-refractivity contribution in [3.05, 3.63) is 47.5 Å². The first-order valence-electron chi connectivity index (χ1n) is 9.57. The Hall–Kier alpha value is -2.69. The highest BCUT2D eigenvalue weighted by atomic mass is 16.5. The normalized spacial score (nSPS) is 10.5. The summed E-state index contributed by atoms with van der Waals surface area (Å²) < 4.78 is 17.5. The monoisotopic (exact) mass is 371 g/mol. The molecule has 0 saturated carbocycles. The molecule has 2 rings (SSSR count). The molecule has 5 heteroatoms. The van der Waals surface area contributed by atoms with Gasteiger partial charge in [0.05, 0.1) is 19.8 Å². The molecule has 0 radical (unpaired) electrons. The third kappa shape index (κ3) is 5.39. The summed E-state index contributed by atoms with van der Waals surface area (Å²) in [6.07, 6.45) is 2.54. The Morgan fingerprint density at radius 1 is 0.852 bits per heavy atom. The predicted octanol–water partition coefficient (Wildman–Crippen LogP) is 4.87. The molecular weight excluding hydrogens is 342 g/mol. The van der Waals surface area contributed by atoms with Gasteiger partial charge >= 0.3 is 0 Å². The van der Waals surface area contributed by atoms with E-state index in [4.69, 9.17) is 19.9 Å². The van der Waals surface area contributed by atoms with E-state index in [-0.39, 0.29) is 5.78 Å². The molecule has 0 fully saturated rings. The van der Waals surface area contributed by atoms with Crippen molar-refractivity contribution in [2.45, 2.75) is 40.0 Å². The lowest BCUT2D eigenvalue weighted by Gasteiger charge is -2.18. The fourth-order valence-corrected chi connectivity index (χ4v) is 2.58. The fourth-order valence-electron chi connectivity index (χ4n) is 2.58. The second-order valence-electron chi connectivity index (χ2n) is 6.26. The van der Waals surface area contributed by atoms with Gasteiger partial charge < -0.3 is 19.9 Å². The zero-order valence-electron chi connectivity index (χ0n) is 16.4. The van der Waals surface area contributed by atoms with E-state index in [0.717, 1.165) is 19.3 Å². The number of carbonyl (C=O) groups excluding carboxylic acids is 1. The second kappa shape index (κ2) is 10.5. The maximum absolute atomic E-state index is 13.3. The number of anilines is 1.